The number of carbonyl (C=O) groups is 1. The lowest BCUT2D eigenvalue weighted by Crippen LogP contribution is -2.29. The maximum atomic E-state index is 11.5. The van der Waals surface area contributed by atoms with Crippen molar-refractivity contribution in [2.75, 3.05) is 7.11 Å². The molecule has 3 nitrogen and oxygen atoms in total. The fourth-order valence-electron chi connectivity index (χ4n) is 2.23. The van der Waals surface area contributed by atoms with Crippen molar-refractivity contribution < 1.29 is 9.53 Å². The predicted octanol–water partition coefficient (Wildman–Crippen LogP) is 2.08. The number of esters is 1. The van der Waals surface area contributed by atoms with Gasteiger partial charge in [-0.2, -0.15) is 0 Å². The van der Waals surface area contributed by atoms with E-state index < -0.39 is 0 Å². The van der Waals surface area contributed by atoms with E-state index in [1.54, 1.807) is 0 Å². The van der Waals surface area contributed by atoms with Crippen LogP contribution in [-0.2, 0) is 16.0 Å². The first-order chi connectivity index (χ1) is 7.61. The lowest BCUT2D eigenvalue weighted by molar-refractivity contribution is -0.146. The topological polar surface area (TPSA) is 52.3 Å². The number of ether oxygens (including phenoxy) is 1. The van der Waals surface area contributed by atoms with Gasteiger partial charge in [0.25, 0.3) is 0 Å². The van der Waals surface area contributed by atoms with Gasteiger partial charge in [-0.15, -0.1) is 0 Å². The summed E-state index contributed by atoms with van der Waals surface area (Å²) in [6, 6.07) is 5.51. The smallest absolute Gasteiger partial charge is 0.309 e. The van der Waals surface area contributed by atoms with E-state index in [9.17, 15) is 4.79 Å². The van der Waals surface area contributed by atoms with Crippen LogP contribution in [0, 0.1) is 5.92 Å². The molecule has 0 aliphatic heterocycles. The molecule has 1 aromatic carbocycles. The molecule has 0 radical (unpaired) electrons. The van der Waals surface area contributed by atoms with Gasteiger partial charge in [0, 0.05) is 11.1 Å². The fraction of sp³-hybridized carbons (Fsp3) is 0.417. The standard InChI is InChI=1S/C12H14ClNO2/c1-16-12(15)8-4-7-2-3-9(13)6-10(7)11(14)5-8/h2-3,6,8,11H,4-5,14H2,1H3. The molecule has 0 bridgehead atoms. The Labute approximate surface area is 99.5 Å². The second-order valence-electron chi connectivity index (χ2n) is 4.11. The number of hydrogen-bond acceptors (Lipinski definition) is 3. The third-order valence-corrected chi connectivity index (χ3v) is 3.28. The van der Waals surface area contributed by atoms with Gasteiger partial charge in [0.05, 0.1) is 13.0 Å². The first-order valence-corrected chi connectivity index (χ1v) is 5.61. The largest absolute Gasteiger partial charge is 0.469 e. The summed E-state index contributed by atoms with van der Waals surface area (Å²) in [5, 5.41) is 0.686. The average molecular weight is 240 g/mol. The normalized spacial score (nSPS) is 23.7. The highest BCUT2D eigenvalue weighted by Crippen LogP contribution is 2.33. The minimum absolute atomic E-state index is 0.131. The van der Waals surface area contributed by atoms with Crippen molar-refractivity contribution in [2.45, 2.75) is 18.9 Å². The number of methoxy groups -OCH3 is 1. The summed E-state index contributed by atoms with van der Waals surface area (Å²) in [5.74, 6) is -0.315. The predicted molar refractivity (Wildman–Crippen MR) is 62.2 cm³/mol. The third-order valence-electron chi connectivity index (χ3n) is 3.05. The van der Waals surface area contributed by atoms with Gasteiger partial charge in [0.1, 0.15) is 0 Å². The van der Waals surface area contributed by atoms with E-state index in [2.05, 4.69) is 0 Å². The summed E-state index contributed by atoms with van der Waals surface area (Å²) >= 11 is 5.92. The van der Waals surface area contributed by atoms with Crippen LogP contribution in [0.2, 0.25) is 5.02 Å². The molecule has 0 aromatic heterocycles. The zero-order chi connectivity index (χ0) is 11.7. The molecule has 4 heteroatoms. The van der Waals surface area contributed by atoms with Crippen molar-refractivity contribution in [1.82, 2.24) is 0 Å². The number of fused-ring (bicyclic) bond motifs is 1. The van der Waals surface area contributed by atoms with Crippen molar-refractivity contribution in [3.63, 3.8) is 0 Å². The molecule has 16 heavy (non-hydrogen) atoms. The van der Waals surface area contributed by atoms with Crippen molar-refractivity contribution in [1.29, 1.82) is 0 Å². The highest BCUT2D eigenvalue weighted by Gasteiger charge is 2.29. The molecule has 1 aliphatic carbocycles. The van der Waals surface area contributed by atoms with Crippen LogP contribution >= 0.6 is 11.6 Å². The molecule has 1 aromatic rings. The number of benzene rings is 1. The molecule has 0 saturated heterocycles. The minimum atomic E-state index is -0.184. The molecule has 2 rings (SSSR count). The zero-order valence-corrected chi connectivity index (χ0v) is 9.83. The molecule has 86 valence electrons. The Morgan fingerprint density at radius 1 is 1.56 bits per heavy atom. The summed E-state index contributed by atoms with van der Waals surface area (Å²) in [7, 11) is 1.41. The van der Waals surface area contributed by atoms with Gasteiger partial charge >= 0.3 is 5.97 Å². The van der Waals surface area contributed by atoms with Crippen LogP contribution in [0.5, 0.6) is 0 Å². The molecule has 0 heterocycles. The summed E-state index contributed by atoms with van der Waals surface area (Å²) in [6.07, 6.45) is 1.31. The number of hydrogen-bond donors (Lipinski definition) is 1. The van der Waals surface area contributed by atoms with Crippen molar-refractivity contribution in [3.05, 3.63) is 34.3 Å². The lowest BCUT2D eigenvalue weighted by Gasteiger charge is -2.27. The van der Waals surface area contributed by atoms with E-state index in [0.29, 0.717) is 17.9 Å². The second-order valence-corrected chi connectivity index (χ2v) is 4.55. The molecule has 0 spiro atoms. The number of nitrogens with two attached hydrogens (primary N) is 1. The minimum Gasteiger partial charge on any atom is -0.469 e. The first-order valence-electron chi connectivity index (χ1n) is 5.23. The summed E-state index contributed by atoms with van der Waals surface area (Å²) in [5.41, 5.74) is 8.18. The summed E-state index contributed by atoms with van der Waals surface area (Å²) in [6.45, 7) is 0. The van der Waals surface area contributed by atoms with E-state index >= 15 is 0 Å². The van der Waals surface area contributed by atoms with E-state index in [0.717, 1.165) is 11.1 Å². The highest BCUT2D eigenvalue weighted by molar-refractivity contribution is 6.30. The Morgan fingerprint density at radius 3 is 3.00 bits per heavy atom. The molecule has 0 amide bonds. The molecular weight excluding hydrogens is 226 g/mol. The van der Waals surface area contributed by atoms with Crippen molar-refractivity contribution in [2.24, 2.45) is 11.7 Å². The van der Waals surface area contributed by atoms with Crippen LogP contribution in [0.3, 0.4) is 0 Å². The monoisotopic (exact) mass is 239 g/mol. The molecule has 0 saturated carbocycles. The van der Waals surface area contributed by atoms with Gasteiger partial charge in [0.15, 0.2) is 0 Å². The van der Waals surface area contributed by atoms with Gasteiger partial charge in [0.2, 0.25) is 0 Å². The lowest BCUT2D eigenvalue weighted by atomic mass is 9.81. The van der Waals surface area contributed by atoms with Gasteiger partial charge in [-0.3, -0.25) is 4.79 Å². The average Bonchev–Trinajstić information content (AvgIpc) is 2.28. The van der Waals surface area contributed by atoms with Crippen molar-refractivity contribution in [3.8, 4) is 0 Å². The Balaban J connectivity index is 2.30. The van der Waals surface area contributed by atoms with Crippen LogP contribution in [0.15, 0.2) is 18.2 Å². The molecule has 0 fully saturated rings. The van der Waals surface area contributed by atoms with Crippen LogP contribution in [0.25, 0.3) is 0 Å². The quantitative estimate of drug-likeness (QED) is 0.764. The number of rotatable bonds is 1. The van der Waals surface area contributed by atoms with E-state index in [1.165, 1.54) is 7.11 Å². The maximum absolute atomic E-state index is 11.5. The Morgan fingerprint density at radius 2 is 2.31 bits per heavy atom. The first kappa shape index (κ1) is 11.4. The number of halogens is 1. The van der Waals surface area contributed by atoms with Gasteiger partial charge in [-0.25, -0.2) is 0 Å². The van der Waals surface area contributed by atoms with E-state index in [-0.39, 0.29) is 17.9 Å². The maximum Gasteiger partial charge on any atom is 0.309 e. The molecule has 2 unspecified atom stereocenters. The van der Waals surface area contributed by atoms with Crippen LogP contribution < -0.4 is 5.73 Å². The highest BCUT2D eigenvalue weighted by atomic mass is 35.5. The van der Waals surface area contributed by atoms with Crippen LogP contribution in [0.4, 0.5) is 0 Å². The van der Waals surface area contributed by atoms with E-state index in [1.807, 2.05) is 18.2 Å². The second kappa shape index (κ2) is 4.44. The molecule has 2 N–H and O–H groups in total. The van der Waals surface area contributed by atoms with Crippen LogP contribution in [0.1, 0.15) is 23.6 Å². The van der Waals surface area contributed by atoms with Gasteiger partial charge < -0.3 is 10.5 Å². The Kier molecular flexibility index (Phi) is 3.17. The molecular formula is C12H14ClNO2. The van der Waals surface area contributed by atoms with Crippen LogP contribution in [-0.4, -0.2) is 13.1 Å². The third kappa shape index (κ3) is 2.06. The zero-order valence-electron chi connectivity index (χ0n) is 9.07. The fourth-order valence-corrected chi connectivity index (χ4v) is 2.41. The molecule has 2 atom stereocenters. The van der Waals surface area contributed by atoms with E-state index in [4.69, 9.17) is 22.1 Å². The Bertz CT molecular complexity index is 419. The van der Waals surface area contributed by atoms with Gasteiger partial charge in [-0.05, 0) is 36.1 Å². The summed E-state index contributed by atoms with van der Waals surface area (Å²) in [4.78, 5) is 11.5. The summed E-state index contributed by atoms with van der Waals surface area (Å²) < 4.78 is 4.76. The Hall–Kier alpha value is -1.06. The van der Waals surface area contributed by atoms with Crippen molar-refractivity contribution >= 4 is 17.6 Å². The number of carbonyl (C=O) groups excluding carboxylic acids is 1. The SMILES string of the molecule is COC(=O)C1Cc2ccc(Cl)cc2C(N)C1. The van der Waals surface area contributed by atoms with Gasteiger partial charge in [-0.1, -0.05) is 17.7 Å². The molecule has 1 aliphatic rings.